The van der Waals surface area contributed by atoms with Gasteiger partial charge in [0.25, 0.3) is 0 Å². The van der Waals surface area contributed by atoms with Gasteiger partial charge >= 0.3 is 6.03 Å². The molecule has 136 valence electrons. The topological polar surface area (TPSA) is 87.8 Å². The molecule has 4 rings (SSSR count). The van der Waals surface area contributed by atoms with E-state index >= 15 is 0 Å². The number of amides is 2. The number of carbonyl (C=O) groups excluding carboxylic acids is 1. The fourth-order valence-electron chi connectivity index (χ4n) is 3.92. The molecule has 2 N–H and O–H groups in total. The molecule has 0 saturated carbocycles. The monoisotopic (exact) mass is 346 g/mol. The first-order chi connectivity index (χ1) is 12.2. The highest BCUT2D eigenvalue weighted by Gasteiger charge is 2.29. The van der Waals surface area contributed by atoms with Crippen molar-refractivity contribution in [3.05, 3.63) is 11.3 Å². The lowest BCUT2D eigenvalue weighted by atomic mass is 9.96. The Balaban J connectivity index is 1.44. The molecular weight excluding hydrogens is 320 g/mol. The molecule has 0 aromatic carbocycles. The Labute approximate surface area is 147 Å². The van der Waals surface area contributed by atoms with Gasteiger partial charge < -0.3 is 25.2 Å². The number of anilines is 2. The van der Waals surface area contributed by atoms with Crippen LogP contribution in [0, 0.1) is 0 Å². The third-order valence-corrected chi connectivity index (χ3v) is 5.31. The molecule has 3 heterocycles. The van der Waals surface area contributed by atoms with E-state index in [1.54, 1.807) is 0 Å². The van der Waals surface area contributed by atoms with Gasteiger partial charge in [0.1, 0.15) is 5.82 Å². The third-order valence-electron chi connectivity index (χ3n) is 5.31. The number of nitrogens with zero attached hydrogens (tertiary/aromatic N) is 5. The Morgan fingerprint density at radius 1 is 0.920 bits per heavy atom. The van der Waals surface area contributed by atoms with Crippen molar-refractivity contribution < 1.29 is 9.53 Å². The second-order valence-electron chi connectivity index (χ2n) is 6.89. The molecule has 0 spiro atoms. The minimum Gasteiger partial charge on any atom is -0.378 e. The van der Waals surface area contributed by atoms with Crippen LogP contribution in [-0.2, 0) is 17.6 Å². The normalized spacial score (nSPS) is 21.2. The number of rotatable bonds is 1. The van der Waals surface area contributed by atoms with E-state index in [1.807, 2.05) is 9.80 Å². The first-order valence-corrected chi connectivity index (χ1v) is 9.24. The van der Waals surface area contributed by atoms with Crippen molar-refractivity contribution in [3.8, 4) is 0 Å². The van der Waals surface area contributed by atoms with Crippen molar-refractivity contribution in [3.63, 3.8) is 0 Å². The van der Waals surface area contributed by atoms with Crippen LogP contribution in [0.4, 0.5) is 16.6 Å². The summed E-state index contributed by atoms with van der Waals surface area (Å²) in [6.07, 6.45) is 4.37. The molecule has 0 atom stereocenters. The predicted octanol–water partition coefficient (Wildman–Crippen LogP) is 0.512. The Kier molecular flexibility index (Phi) is 4.61. The van der Waals surface area contributed by atoms with Crippen molar-refractivity contribution in [2.75, 3.05) is 63.1 Å². The maximum Gasteiger partial charge on any atom is 0.320 e. The number of aromatic nitrogens is 2. The van der Waals surface area contributed by atoms with Crippen molar-refractivity contribution in [2.24, 2.45) is 0 Å². The summed E-state index contributed by atoms with van der Waals surface area (Å²) in [7, 11) is 0. The number of hydrogen-bond acceptors (Lipinski definition) is 6. The van der Waals surface area contributed by atoms with Crippen molar-refractivity contribution >= 4 is 17.8 Å². The van der Waals surface area contributed by atoms with E-state index < -0.39 is 0 Å². The van der Waals surface area contributed by atoms with Gasteiger partial charge in [0.15, 0.2) is 0 Å². The summed E-state index contributed by atoms with van der Waals surface area (Å²) in [4.78, 5) is 27.7. The summed E-state index contributed by atoms with van der Waals surface area (Å²) in [5.41, 5.74) is 8.30. The number of nitrogens with two attached hydrogens (primary N) is 1. The van der Waals surface area contributed by atoms with E-state index in [-0.39, 0.29) is 6.03 Å². The summed E-state index contributed by atoms with van der Waals surface area (Å²) < 4.78 is 5.33. The summed E-state index contributed by atoms with van der Waals surface area (Å²) in [6, 6.07) is 0.132. The van der Waals surface area contributed by atoms with Crippen LogP contribution in [0.3, 0.4) is 0 Å². The lowest BCUT2D eigenvalue weighted by Crippen LogP contribution is -2.55. The molecule has 1 aromatic heterocycles. The molecule has 3 aliphatic rings. The number of urea groups is 1. The molecule has 8 nitrogen and oxygen atoms in total. The van der Waals surface area contributed by atoms with Crippen LogP contribution in [0.5, 0.6) is 0 Å². The molecule has 0 unspecified atom stereocenters. The molecule has 2 aliphatic heterocycles. The van der Waals surface area contributed by atoms with Crippen molar-refractivity contribution in [2.45, 2.75) is 25.7 Å². The number of carbonyl (C=O) groups is 1. The van der Waals surface area contributed by atoms with Gasteiger partial charge in [-0.15, -0.1) is 0 Å². The molecule has 0 radical (unpaired) electrons. The van der Waals surface area contributed by atoms with E-state index in [0.29, 0.717) is 32.3 Å². The van der Waals surface area contributed by atoms with Gasteiger partial charge in [-0.2, -0.15) is 4.98 Å². The van der Waals surface area contributed by atoms with Crippen LogP contribution < -0.4 is 10.6 Å². The van der Waals surface area contributed by atoms with Crippen LogP contribution in [0.1, 0.15) is 24.1 Å². The number of morpholine rings is 1. The van der Waals surface area contributed by atoms with Gasteiger partial charge in [-0.3, -0.25) is 0 Å². The van der Waals surface area contributed by atoms with E-state index in [1.165, 1.54) is 18.4 Å². The largest absolute Gasteiger partial charge is 0.378 e. The number of ether oxygens (including phenoxy) is 1. The zero-order valence-corrected chi connectivity index (χ0v) is 14.6. The Bertz CT molecular complexity index is 638. The van der Waals surface area contributed by atoms with Gasteiger partial charge in [-0.1, -0.05) is 0 Å². The summed E-state index contributed by atoms with van der Waals surface area (Å²) in [5.74, 6) is 1.35. The van der Waals surface area contributed by atoms with E-state index in [4.69, 9.17) is 10.5 Å². The first-order valence-electron chi connectivity index (χ1n) is 9.24. The quantitative estimate of drug-likeness (QED) is 0.797. The van der Waals surface area contributed by atoms with Gasteiger partial charge in [0, 0.05) is 44.8 Å². The maximum atomic E-state index is 12.6. The molecule has 0 bridgehead atoms. The van der Waals surface area contributed by atoms with Crippen LogP contribution >= 0.6 is 0 Å². The van der Waals surface area contributed by atoms with Gasteiger partial charge in [-0.05, 0) is 25.7 Å². The zero-order chi connectivity index (χ0) is 17.2. The number of hydrogen-bond donors (Lipinski definition) is 1. The molecule has 2 saturated heterocycles. The Morgan fingerprint density at radius 2 is 1.60 bits per heavy atom. The Hall–Kier alpha value is -2.09. The molecular formula is C17H26N6O2. The summed E-state index contributed by atoms with van der Waals surface area (Å²) >= 11 is 0. The second kappa shape index (κ2) is 7.03. The number of fused-ring (bicyclic) bond motifs is 1. The van der Waals surface area contributed by atoms with E-state index in [2.05, 4.69) is 14.9 Å². The number of nitrogen functional groups attached to an aromatic ring is 1. The van der Waals surface area contributed by atoms with Gasteiger partial charge in [0.05, 0.1) is 18.9 Å². The van der Waals surface area contributed by atoms with Crippen LogP contribution in [0.2, 0.25) is 0 Å². The highest BCUT2D eigenvalue weighted by molar-refractivity contribution is 5.75. The smallest absolute Gasteiger partial charge is 0.320 e. The lowest BCUT2D eigenvalue weighted by Gasteiger charge is -2.39. The molecule has 25 heavy (non-hydrogen) atoms. The average molecular weight is 346 g/mol. The minimum absolute atomic E-state index is 0.132. The van der Waals surface area contributed by atoms with E-state index in [0.717, 1.165) is 50.5 Å². The van der Waals surface area contributed by atoms with Crippen molar-refractivity contribution in [1.29, 1.82) is 0 Å². The van der Waals surface area contributed by atoms with Gasteiger partial charge in [-0.25, -0.2) is 9.78 Å². The molecule has 2 amide bonds. The first kappa shape index (κ1) is 16.4. The third kappa shape index (κ3) is 3.35. The molecule has 1 aliphatic carbocycles. The molecule has 1 aromatic rings. The Morgan fingerprint density at radius 3 is 2.36 bits per heavy atom. The van der Waals surface area contributed by atoms with Gasteiger partial charge in [0.2, 0.25) is 5.95 Å². The second-order valence-corrected chi connectivity index (χ2v) is 6.89. The summed E-state index contributed by atoms with van der Waals surface area (Å²) in [5, 5.41) is 0. The maximum absolute atomic E-state index is 12.6. The van der Waals surface area contributed by atoms with Crippen LogP contribution in [0.25, 0.3) is 0 Å². The molecule has 8 heteroatoms. The highest BCUT2D eigenvalue weighted by atomic mass is 16.5. The average Bonchev–Trinajstić information content (AvgIpc) is 2.67. The van der Waals surface area contributed by atoms with Crippen LogP contribution in [-0.4, -0.2) is 78.3 Å². The number of aryl methyl sites for hydroxylation is 1. The highest BCUT2D eigenvalue weighted by Crippen LogP contribution is 2.29. The fourth-order valence-corrected chi connectivity index (χ4v) is 3.92. The van der Waals surface area contributed by atoms with Crippen LogP contribution in [0.15, 0.2) is 0 Å². The summed E-state index contributed by atoms with van der Waals surface area (Å²) in [6.45, 7) is 5.67. The van der Waals surface area contributed by atoms with Crippen molar-refractivity contribution in [1.82, 2.24) is 19.8 Å². The SMILES string of the molecule is Nc1nc2c(c(N3CCN(C(=O)N4CCOCC4)CC3)n1)CCCC2. The lowest BCUT2D eigenvalue weighted by molar-refractivity contribution is 0.0428. The minimum atomic E-state index is 0.132. The fraction of sp³-hybridized carbons (Fsp3) is 0.706. The number of piperazine rings is 1. The predicted molar refractivity (Wildman–Crippen MR) is 94.7 cm³/mol. The van der Waals surface area contributed by atoms with E-state index in [9.17, 15) is 4.79 Å². The standard InChI is InChI=1S/C17H26N6O2/c18-16-19-14-4-2-1-3-13(14)15(20-16)21-5-7-22(8-6-21)17(24)23-9-11-25-12-10-23/h1-12H2,(H2,18,19,20). The zero-order valence-electron chi connectivity index (χ0n) is 14.6. The molecule has 2 fully saturated rings.